The molecule has 0 spiro atoms. The maximum Gasteiger partial charge on any atom is 0.407 e. The number of nitrogens with one attached hydrogen (secondary N) is 2. The second-order valence-corrected chi connectivity index (χ2v) is 5.86. The van der Waals surface area contributed by atoms with Gasteiger partial charge in [0.2, 0.25) is 0 Å². The quantitative estimate of drug-likeness (QED) is 0.660. The van der Waals surface area contributed by atoms with Crippen molar-refractivity contribution in [1.29, 1.82) is 0 Å². The highest BCUT2D eigenvalue weighted by Gasteiger charge is 2.19. The van der Waals surface area contributed by atoms with Gasteiger partial charge in [-0.3, -0.25) is 0 Å². The van der Waals surface area contributed by atoms with Crippen molar-refractivity contribution in [3.8, 4) is 0 Å². The Kier molecular flexibility index (Phi) is 6.54. The van der Waals surface area contributed by atoms with Gasteiger partial charge in [0, 0.05) is 32.3 Å². The van der Waals surface area contributed by atoms with E-state index in [9.17, 15) is 4.79 Å². The van der Waals surface area contributed by atoms with E-state index >= 15 is 0 Å². The molecule has 2 atom stereocenters. The predicted octanol–water partition coefficient (Wildman–Crippen LogP) is 0.607. The summed E-state index contributed by atoms with van der Waals surface area (Å²) >= 11 is 0. The summed E-state index contributed by atoms with van der Waals surface area (Å²) in [6.45, 7) is 8.04. The molecule has 0 radical (unpaired) electrons. The minimum Gasteiger partial charge on any atom is -0.444 e. The summed E-state index contributed by atoms with van der Waals surface area (Å²) in [5.41, 5.74) is 5.20. The van der Waals surface area contributed by atoms with Crippen LogP contribution < -0.4 is 16.4 Å². The third-order valence-corrected chi connectivity index (χ3v) is 2.83. The van der Waals surface area contributed by atoms with Gasteiger partial charge in [0.25, 0.3) is 0 Å². The number of ether oxygens (including phenoxy) is 2. The van der Waals surface area contributed by atoms with Gasteiger partial charge in [-0.2, -0.15) is 0 Å². The lowest BCUT2D eigenvalue weighted by molar-refractivity contribution is 0.0521. The van der Waals surface area contributed by atoms with Crippen molar-refractivity contribution in [1.82, 2.24) is 10.6 Å². The Bertz CT molecular complexity index is 273. The Balaban J connectivity index is 2.18. The van der Waals surface area contributed by atoms with Crippen LogP contribution in [0.2, 0.25) is 0 Å². The zero-order valence-electron chi connectivity index (χ0n) is 12.2. The van der Waals surface area contributed by atoms with E-state index in [1.807, 2.05) is 20.8 Å². The number of carbonyl (C=O) groups is 1. The lowest BCUT2D eigenvalue weighted by atomic mass is 10.2. The van der Waals surface area contributed by atoms with Gasteiger partial charge in [-0.15, -0.1) is 0 Å². The molecule has 1 saturated heterocycles. The highest BCUT2D eigenvalue weighted by atomic mass is 16.6. The van der Waals surface area contributed by atoms with Gasteiger partial charge < -0.3 is 25.8 Å². The molecule has 0 saturated carbocycles. The number of alkyl carbamates (subject to hydrolysis) is 1. The maximum absolute atomic E-state index is 11.5. The first-order valence-corrected chi connectivity index (χ1v) is 6.92. The molecule has 112 valence electrons. The molecule has 1 amide bonds. The van der Waals surface area contributed by atoms with Crippen molar-refractivity contribution < 1.29 is 14.3 Å². The molecular formula is C13H27N3O3. The Morgan fingerprint density at radius 1 is 1.53 bits per heavy atom. The van der Waals surface area contributed by atoms with Gasteiger partial charge in [-0.05, 0) is 33.6 Å². The number of hydrogen-bond donors (Lipinski definition) is 3. The zero-order chi connectivity index (χ0) is 14.3. The molecule has 0 aromatic heterocycles. The number of amides is 1. The molecular weight excluding hydrogens is 246 g/mol. The van der Waals surface area contributed by atoms with Crippen LogP contribution in [0.15, 0.2) is 0 Å². The van der Waals surface area contributed by atoms with E-state index in [0.29, 0.717) is 13.1 Å². The molecule has 1 rings (SSSR count). The number of rotatable bonds is 6. The molecule has 1 aliphatic heterocycles. The fourth-order valence-electron chi connectivity index (χ4n) is 1.86. The molecule has 0 aromatic carbocycles. The Morgan fingerprint density at radius 2 is 2.26 bits per heavy atom. The van der Waals surface area contributed by atoms with E-state index < -0.39 is 11.7 Å². The van der Waals surface area contributed by atoms with Crippen LogP contribution in [0.1, 0.15) is 33.6 Å². The topological polar surface area (TPSA) is 85.6 Å². The summed E-state index contributed by atoms with van der Waals surface area (Å²) in [4.78, 5) is 11.5. The minimum absolute atomic E-state index is 0.0386. The van der Waals surface area contributed by atoms with Crippen LogP contribution in [0.5, 0.6) is 0 Å². The van der Waals surface area contributed by atoms with Crippen LogP contribution in [-0.2, 0) is 9.47 Å². The van der Waals surface area contributed by atoms with E-state index in [-0.39, 0.29) is 12.1 Å². The fourth-order valence-corrected chi connectivity index (χ4v) is 1.86. The van der Waals surface area contributed by atoms with Gasteiger partial charge in [0.05, 0.1) is 6.10 Å². The van der Waals surface area contributed by atoms with Gasteiger partial charge >= 0.3 is 6.09 Å². The van der Waals surface area contributed by atoms with Crippen molar-refractivity contribution in [2.45, 2.75) is 51.4 Å². The van der Waals surface area contributed by atoms with E-state index in [1.54, 1.807) is 0 Å². The van der Waals surface area contributed by atoms with Gasteiger partial charge in [0.15, 0.2) is 0 Å². The number of carbonyl (C=O) groups excluding carboxylic acids is 1. The van der Waals surface area contributed by atoms with Crippen molar-refractivity contribution in [3.05, 3.63) is 0 Å². The van der Waals surface area contributed by atoms with Crippen LogP contribution in [0.25, 0.3) is 0 Å². The fraction of sp³-hybridized carbons (Fsp3) is 0.923. The average molecular weight is 273 g/mol. The molecule has 19 heavy (non-hydrogen) atoms. The highest BCUT2D eigenvalue weighted by Crippen LogP contribution is 2.10. The van der Waals surface area contributed by atoms with E-state index in [0.717, 1.165) is 26.0 Å². The molecule has 0 aromatic rings. The zero-order valence-corrected chi connectivity index (χ0v) is 12.2. The van der Waals surface area contributed by atoms with Gasteiger partial charge in [0.1, 0.15) is 5.60 Å². The van der Waals surface area contributed by atoms with Gasteiger partial charge in [-0.25, -0.2) is 4.79 Å². The number of nitrogens with two attached hydrogens (primary N) is 1. The van der Waals surface area contributed by atoms with E-state index in [2.05, 4.69) is 10.6 Å². The molecule has 1 aliphatic rings. The largest absolute Gasteiger partial charge is 0.444 e. The third kappa shape index (κ3) is 7.34. The molecule has 6 heteroatoms. The second kappa shape index (κ2) is 7.67. The SMILES string of the molecule is CC(C)(C)OC(=O)NCC(CN)NCC1CCCO1. The lowest BCUT2D eigenvalue weighted by Crippen LogP contribution is -2.48. The molecule has 1 heterocycles. The average Bonchev–Trinajstić information content (AvgIpc) is 2.80. The van der Waals surface area contributed by atoms with Crippen molar-refractivity contribution in [2.24, 2.45) is 5.73 Å². The Labute approximate surface area is 115 Å². The predicted molar refractivity (Wildman–Crippen MR) is 74.1 cm³/mol. The molecule has 1 fully saturated rings. The summed E-state index contributed by atoms with van der Waals surface area (Å²) in [5.74, 6) is 0. The monoisotopic (exact) mass is 273 g/mol. The van der Waals surface area contributed by atoms with Crippen LogP contribution in [0.4, 0.5) is 4.79 Å². The number of hydrogen-bond acceptors (Lipinski definition) is 5. The summed E-state index contributed by atoms with van der Waals surface area (Å²) in [7, 11) is 0. The first-order chi connectivity index (χ1) is 8.90. The van der Waals surface area contributed by atoms with Crippen LogP contribution in [0, 0.1) is 0 Å². The third-order valence-electron chi connectivity index (χ3n) is 2.83. The summed E-state index contributed by atoms with van der Waals surface area (Å²) in [6, 6.07) is 0.0386. The maximum atomic E-state index is 11.5. The first kappa shape index (κ1) is 16.2. The second-order valence-electron chi connectivity index (χ2n) is 5.86. The van der Waals surface area contributed by atoms with E-state index in [1.165, 1.54) is 0 Å². The molecule has 2 unspecified atom stereocenters. The summed E-state index contributed by atoms with van der Waals surface area (Å²) in [6.07, 6.45) is 2.07. The lowest BCUT2D eigenvalue weighted by Gasteiger charge is -2.22. The molecule has 0 bridgehead atoms. The summed E-state index contributed by atoms with van der Waals surface area (Å²) < 4.78 is 10.7. The first-order valence-electron chi connectivity index (χ1n) is 6.92. The van der Waals surface area contributed by atoms with E-state index in [4.69, 9.17) is 15.2 Å². The summed E-state index contributed by atoms with van der Waals surface area (Å²) in [5, 5.41) is 6.03. The van der Waals surface area contributed by atoms with Gasteiger partial charge in [-0.1, -0.05) is 0 Å². The Hall–Kier alpha value is -0.850. The molecule has 4 N–H and O–H groups in total. The molecule has 6 nitrogen and oxygen atoms in total. The van der Waals surface area contributed by atoms with Crippen molar-refractivity contribution in [2.75, 3.05) is 26.2 Å². The van der Waals surface area contributed by atoms with Crippen molar-refractivity contribution >= 4 is 6.09 Å². The minimum atomic E-state index is -0.479. The smallest absolute Gasteiger partial charge is 0.407 e. The standard InChI is InChI=1S/C13H27N3O3/c1-13(2,3)19-12(17)16-8-10(7-14)15-9-11-5-4-6-18-11/h10-11,15H,4-9,14H2,1-3H3,(H,16,17). The molecule has 0 aliphatic carbocycles. The normalized spacial score (nSPS) is 21.2. The Morgan fingerprint density at radius 3 is 2.79 bits per heavy atom. The van der Waals surface area contributed by atoms with Crippen LogP contribution >= 0.6 is 0 Å². The highest BCUT2D eigenvalue weighted by molar-refractivity contribution is 5.67. The van der Waals surface area contributed by atoms with Crippen molar-refractivity contribution in [3.63, 3.8) is 0 Å². The van der Waals surface area contributed by atoms with Crippen LogP contribution in [0.3, 0.4) is 0 Å². The van der Waals surface area contributed by atoms with Crippen LogP contribution in [-0.4, -0.2) is 50.1 Å².